The Kier molecular flexibility index (Phi) is 2.17. The van der Waals surface area contributed by atoms with Crippen LogP contribution in [0.5, 0.6) is 0 Å². The number of anilines is 1. The van der Waals surface area contributed by atoms with Crippen molar-refractivity contribution in [2.45, 2.75) is 18.9 Å². The molecule has 0 bridgehead atoms. The lowest BCUT2D eigenvalue weighted by molar-refractivity contribution is -0.119. The number of aryl methyl sites for hydroxylation is 1. The molecule has 1 atom stereocenters. The first-order chi connectivity index (χ1) is 7.74. The molecule has 1 fully saturated rings. The van der Waals surface area contributed by atoms with E-state index in [9.17, 15) is 9.18 Å². The van der Waals surface area contributed by atoms with Crippen LogP contribution in [0.25, 0.3) is 0 Å². The lowest BCUT2D eigenvalue weighted by Gasteiger charge is -2.28. The molecule has 16 heavy (non-hydrogen) atoms. The number of halogens is 1. The van der Waals surface area contributed by atoms with E-state index in [4.69, 9.17) is 4.74 Å². The summed E-state index contributed by atoms with van der Waals surface area (Å²) in [5.74, 6) is -0.233. The van der Waals surface area contributed by atoms with Gasteiger partial charge >= 0.3 is 0 Å². The van der Waals surface area contributed by atoms with Crippen LogP contribution < -0.4 is 4.90 Å². The van der Waals surface area contributed by atoms with E-state index in [-0.39, 0.29) is 17.8 Å². The molecule has 0 aromatic heterocycles. The van der Waals surface area contributed by atoms with Crippen molar-refractivity contribution in [2.24, 2.45) is 0 Å². The van der Waals surface area contributed by atoms with Gasteiger partial charge in [0, 0.05) is 12.1 Å². The first-order valence-corrected chi connectivity index (χ1v) is 5.44. The third-order valence-electron chi connectivity index (χ3n) is 3.04. The Hall–Kier alpha value is -1.42. The Morgan fingerprint density at radius 2 is 2.25 bits per heavy atom. The predicted molar refractivity (Wildman–Crippen MR) is 56.8 cm³/mol. The summed E-state index contributed by atoms with van der Waals surface area (Å²) < 4.78 is 18.3. The predicted octanol–water partition coefficient (Wildman–Crippen LogP) is 1.50. The summed E-state index contributed by atoms with van der Waals surface area (Å²) in [7, 11) is 0. The van der Waals surface area contributed by atoms with Crippen molar-refractivity contribution in [3.63, 3.8) is 0 Å². The van der Waals surface area contributed by atoms with E-state index in [1.54, 1.807) is 11.0 Å². The summed E-state index contributed by atoms with van der Waals surface area (Å²) in [6.07, 6.45) is 1.35. The maximum atomic E-state index is 13.2. The first kappa shape index (κ1) is 9.78. The standard InChI is InChI=1S/C12H12FNO2/c13-9-3-1-8-2-4-12(15)14(11(8)5-9)6-10-7-16-10/h1,3,5,10H,2,4,6-7H2. The Bertz CT molecular complexity index is 443. The Morgan fingerprint density at radius 3 is 3.00 bits per heavy atom. The lowest BCUT2D eigenvalue weighted by atomic mass is 10.0. The van der Waals surface area contributed by atoms with Crippen LogP contribution in [0.15, 0.2) is 18.2 Å². The first-order valence-electron chi connectivity index (χ1n) is 5.44. The third-order valence-corrected chi connectivity index (χ3v) is 3.04. The Balaban J connectivity index is 1.96. The van der Waals surface area contributed by atoms with Crippen molar-refractivity contribution in [1.82, 2.24) is 0 Å². The highest BCUT2D eigenvalue weighted by molar-refractivity contribution is 5.96. The SMILES string of the molecule is O=C1CCc2ccc(F)cc2N1CC1CO1. The van der Waals surface area contributed by atoms with Crippen LogP contribution in [-0.4, -0.2) is 25.2 Å². The third kappa shape index (κ3) is 1.69. The molecule has 2 heterocycles. The van der Waals surface area contributed by atoms with Gasteiger partial charge in [-0.15, -0.1) is 0 Å². The number of nitrogens with zero attached hydrogens (tertiary/aromatic N) is 1. The van der Waals surface area contributed by atoms with Gasteiger partial charge in [0.1, 0.15) is 5.82 Å². The molecule has 1 saturated heterocycles. The average Bonchev–Trinajstić information content (AvgIpc) is 3.06. The molecular formula is C12H12FNO2. The molecular weight excluding hydrogens is 209 g/mol. The zero-order valence-corrected chi connectivity index (χ0v) is 8.78. The smallest absolute Gasteiger partial charge is 0.227 e. The number of rotatable bonds is 2. The molecule has 2 aliphatic heterocycles. The second-order valence-electron chi connectivity index (χ2n) is 4.23. The van der Waals surface area contributed by atoms with Crippen LogP contribution in [0.2, 0.25) is 0 Å². The number of hydrogen-bond acceptors (Lipinski definition) is 2. The van der Waals surface area contributed by atoms with Gasteiger partial charge in [-0.25, -0.2) is 4.39 Å². The normalized spacial score (nSPS) is 23.2. The summed E-state index contributed by atoms with van der Waals surface area (Å²) in [5, 5.41) is 0. The molecule has 0 aliphatic carbocycles. The quantitative estimate of drug-likeness (QED) is 0.709. The van der Waals surface area contributed by atoms with Gasteiger partial charge in [0.15, 0.2) is 0 Å². The summed E-state index contributed by atoms with van der Waals surface area (Å²) in [4.78, 5) is 13.4. The van der Waals surface area contributed by atoms with Crippen LogP contribution >= 0.6 is 0 Å². The number of carbonyl (C=O) groups is 1. The molecule has 2 aliphatic rings. The fourth-order valence-corrected chi connectivity index (χ4v) is 2.09. The molecule has 3 rings (SSSR count). The fraction of sp³-hybridized carbons (Fsp3) is 0.417. The average molecular weight is 221 g/mol. The molecule has 4 heteroatoms. The maximum absolute atomic E-state index is 13.2. The number of amides is 1. The molecule has 1 aromatic rings. The second-order valence-corrected chi connectivity index (χ2v) is 4.23. The Morgan fingerprint density at radius 1 is 1.44 bits per heavy atom. The molecule has 1 unspecified atom stereocenters. The van der Waals surface area contributed by atoms with Crippen LogP contribution in [0.4, 0.5) is 10.1 Å². The second kappa shape index (κ2) is 3.56. The number of epoxide rings is 1. The molecule has 0 saturated carbocycles. The number of ether oxygens (including phenoxy) is 1. The minimum Gasteiger partial charge on any atom is -0.371 e. The van der Waals surface area contributed by atoms with E-state index in [1.165, 1.54) is 12.1 Å². The molecule has 0 radical (unpaired) electrons. The summed E-state index contributed by atoms with van der Waals surface area (Å²) in [5.41, 5.74) is 1.76. The van der Waals surface area contributed by atoms with Crippen LogP contribution in [0.3, 0.4) is 0 Å². The highest BCUT2D eigenvalue weighted by Gasteiger charge is 2.31. The van der Waals surface area contributed by atoms with Crippen LogP contribution in [-0.2, 0) is 16.0 Å². The lowest BCUT2D eigenvalue weighted by Crippen LogP contribution is -2.38. The van der Waals surface area contributed by atoms with Crippen molar-refractivity contribution in [3.05, 3.63) is 29.6 Å². The van der Waals surface area contributed by atoms with Crippen molar-refractivity contribution in [3.8, 4) is 0 Å². The van der Waals surface area contributed by atoms with Crippen molar-refractivity contribution in [1.29, 1.82) is 0 Å². The molecule has 1 aromatic carbocycles. The van der Waals surface area contributed by atoms with Gasteiger partial charge in [-0.05, 0) is 24.1 Å². The molecule has 0 N–H and O–H groups in total. The number of carbonyl (C=O) groups excluding carboxylic acids is 1. The topological polar surface area (TPSA) is 32.8 Å². The van der Waals surface area contributed by atoms with Gasteiger partial charge in [-0.2, -0.15) is 0 Å². The zero-order chi connectivity index (χ0) is 11.1. The van der Waals surface area contributed by atoms with E-state index < -0.39 is 0 Å². The van der Waals surface area contributed by atoms with Gasteiger partial charge in [-0.3, -0.25) is 4.79 Å². The summed E-state index contributed by atoms with van der Waals surface area (Å²) in [6, 6.07) is 4.65. The highest BCUT2D eigenvalue weighted by atomic mass is 19.1. The van der Waals surface area contributed by atoms with Gasteiger partial charge in [0.05, 0.1) is 19.3 Å². The van der Waals surface area contributed by atoms with E-state index in [2.05, 4.69) is 0 Å². The van der Waals surface area contributed by atoms with E-state index in [0.717, 1.165) is 5.56 Å². The fourth-order valence-electron chi connectivity index (χ4n) is 2.09. The van der Waals surface area contributed by atoms with E-state index >= 15 is 0 Å². The van der Waals surface area contributed by atoms with Crippen molar-refractivity contribution < 1.29 is 13.9 Å². The Labute approximate surface area is 92.8 Å². The van der Waals surface area contributed by atoms with Gasteiger partial charge in [0.2, 0.25) is 5.91 Å². The van der Waals surface area contributed by atoms with Gasteiger partial charge in [-0.1, -0.05) is 6.07 Å². The maximum Gasteiger partial charge on any atom is 0.227 e. The number of hydrogen-bond donors (Lipinski definition) is 0. The monoisotopic (exact) mass is 221 g/mol. The van der Waals surface area contributed by atoms with E-state index in [1.807, 2.05) is 0 Å². The van der Waals surface area contributed by atoms with Crippen LogP contribution in [0.1, 0.15) is 12.0 Å². The number of fused-ring (bicyclic) bond motifs is 1. The van der Waals surface area contributed by atoms with Crippen molar-refractivity contribution in [2.75, 3.05) is 18.1 Å². The minimum absolute atomic E-state index is 0.0635. The number of benzene rings is 1. The van der Waals surface area contributed by atoms with Crippen LogP contribution in [0, 0.1) is 5.82 Å². The summed E-state index contributed by atoms with van der Waals surface area (Å²) >= 11 is 0. The van der Waals surface area contributed by atoms with Crippen molar-refractivity contribution >= 4 is 11.6 Å². The molecule has 0 spiro atoms. The molecule has 3 nitrogen and oxygen atoms in total. The minimum atomic E-state index is -0.296. The largest absolute Gasteiger partial charge is 0.371 e. The van der Waals surface area contributed by atoms with E-state index in [0.29, 0.717) is 31.7 Å². The van der Waals surface area contributed by atoms with Gasteiger partial charge < -0.3 is 9.64 Å². The molecule has 84 valence electrons. The summed E-state index contributed by atoms with van der Waals surface area (Å²) in [6.45, 7) is 1.25. The highest BCUT2D eigenvalue weighted by Crippen LogP contribution is 2.30. The molecule has 1 amide bonds. The van der Waals surface area contributed by atoms with Gasteiger partial charge in [0.25, 0.3) is 0 Å². The zero-order valence-electron chi connectivity index (χ0n) is 8.78.